The van der Waals surface area contributed by atoms with Crippen LogP contribution in [0.5, 0.6) is 11.8 Å². The first kappa shape index (κ1) is 57.6. The fourth-order valence-corrected chi connectivity index (χ4v) is 7.75. The zero-order chi connectivity index (χ0) is 59.0. The lowest BCUT2D eigenvalue weighted by Gasteiger charge is -2.14. The van der Waals surface area contributed by atoms with Gasteiger partial charge in [0.1, 0.15) is 36.0 Å². The number of methoxy groups -OCH3 is 1. The van der Waals surface area contributed by atoms with Crippen molar-refractivity contribution in [2.24, 2.45) is 0 Å². The zero-order valence-corrected chi connectivity index (χ0v) is 43.6. The van der Waals surface area contributed by atoms with Crippen LogP contribution in [-0.2, 0) is 30.2 Å². The highest BCUT2D eigenvalue weighted by Gasteiger charge is 2.35. The SMILES string of the molecule is COC(=O)c1cc(-c2cnc(Nc3ccc(F)c(Cl)c3)nc2-n2ccc(C(F)(F)F)n2)cnc1OCCn1ccnc1.O=C(O)c1cc(-c2cnc(Nc3ccc(F)c(Cl)c3)nc2-n2ccc(C(F)(F)F)n2)cnc1OCCn1ccnc1. The van der Waals surface area contributed by atoms with Gasteiger partial charge in [-0.3, -0.25) is 0 Å². The molecular weight excluding hydrogens is 1160 g/mol. The van der Waals surface area contributed by atoms with Crippen LogP contribution in [0.2, 0.25) is 10.0 Å². The third kappa shape index (κ3) is 14.1. The van der Waals surface area contributed by atoms with Crippen LogP contribution in [0.25, 0.3) is 33.9 Å². The second-order valence-corrected chi connectivity index (χ2v) is 17.7. The van der Waals surface area contributed by atoms with Gasteiger partial charge in [-0.15, -0.1) is 0 Å². The number of aromatic carboxylic acids is 1. The van der Waals surface area contributed by atoms with Gasteiger partial charge in [0.2, 0.25) is 23.7 Å². The van der Waals surface area contributed by atoms with Crippen molar-refractivity contribution in [2.75, 3.05) is 31.0 Å². The molecular formula is C51H36Cl2F8N16O6. The molecule has 10 rings (SSSR count). The number of anilines is 4. The Balaban J connectivity index is 0.000000200. The third-order valence-corrected chi connectivity index (χ3v) is 11.9. The molecule has 0 aliphatic heterocycles. The molecule has 83 heavy (non-hydrogen) atoms. The fourth-order valence-electron chi connectivity index (χ4n) is 7.39. The van der Waals surface area contributed by atoms with Crippen molar-refractivity contribution in [3.05, 3.63) is 179 Å². The molecule has 8 aromatic heterocycles. The van der Waals surface area contributed by atoms with Crippen molar-refractivity contribution >= 4 is 58.4 Å². The number of nitrogens with one attached hydrogen (secondary N) is 2. The van der Waals surface area contributed by atoms with Crippen LogP contribution in [-0.4, -0.2) is 106 Å². The Labute approximate surface area is 471 Å². The Morgan fingerprint density at radius 2 is 1.05 bits per heavy atom. The molecule has 22 nitrogen and oxygen atoms in total. The molecule has 10 aromatic rings. The molecule has 0 aliphatic rings. The Kier molecular flexibility index (Phi) is 17.2. The minimum absolute atomic E-state index is 0.0156. The Morgan fingerprint density at radius 1 is 0.602 bits per heavy atom. The van der Waals surface area contributed by atoms with Crippen LogP contribution in [0.4, 0.5) is 58.4 Å². The average Bonchev–Trinajstić information content (AvgIpc) is 4.48. The Morgan fingerprint density at radius 3 is 1.43 bits per heavy atom. The summed E-state index contributed by atoms with van der Waals surface area (Å²) in [4.78, 5) is 57.9. The number of pyridine rings is 2. The standard InChI is InChI=1S/C26H19ClF4N8O3.C25H17ClF4N8O3/c1-41-24(40)17-10-15(12-33-23(17)42-9-8-38-7-5-32-14-38)18-13-34-25(35-16-2-3-20(28)19(27)11-16)36-22(18)39-6-4-21(37-39)26(29,30)31;26-18-10-15(1-2-19(18)27)34-24-33-12-17(21(35-24)38-5-3-20(36-38)25(28,29)30)14-9-16(23(39)40)22(32-11-14)41-8-7-37-6-4-31-13-37/h2-7,10-14H,8-9H2,1H3,(H,34,35,36);1-6,9-13H,7-8H2,(H,39,40)(H,33,34,35). The number of aromatic nitrogens is 14. The van der Waals surface area contributed by atoms with E-state index in [4.69, 9.17) is 37.4 Å². The maximum absolute atomic E-state index is 13.6. The highest BCUT2D eigenvalue weighted by molar-refractivity contribution is 6.31. The summed E-state index contributed by atoms with van der Waals surface area (Å²) in [6.45, 7) is 1.06. The Bertz CT molecular complexity index is 3940. The first-order valence-electron chi connectivity index (χ1n) is 23.6. The molecule has 32 heteroatoms. The van der Waals surface area contributed by atoms with Crippen LogP contribution < -0.4 is 20.1 Å². The number of ether oxygens (including phenoxy) is 3. The highest BCUT2D eigenvalue weighted by atomic mass is 35.5. The number of halogens is 10. The summed E-state index contributed by atoms with van der Waals surface area (Å²) >= 11 is 11.7. The van der Waals surface area contributed by atoms with Gasteiger partial charge in [0.15, 0.2) is 23.0 Å². The maximum Gasteiger partial charge on any atom is 0.435 e. The second kappa shape index (κ2) is 24.7. The molecule has 0 unspecified atom stereocenters. The van der Waals surface area contributed by atoms with Crippen LogP contribution in [0.1, 0.15) is 32.1 Å². The first-order chi connectivity index (χ1) is 39.7. The molecule has 0 fully saturated rings. The van der Waals surface area contributed by atoms with Crippen molar-refractivity contribution in [1.82, 2.24) is 68.6 Å². The van der Waals surface area contributed by atoms with Crippen molar-refractivity contribution in [2.45, 2.75) is 25.4 Å². The molecule has 2 aromatic carbocycles. The summed E-state index contributed by atoms with van der Waals surface area (Å²) in [6, 6.07) is 11.7. The molecule has 426 valence electrons. The molecule has 3 N–H and O–H groups in total. The quantitative estimate of drug-likeness (QED) is 0.0533. The zero-order valence-electron chi connectivity index (χ0n) is 42.1. The smallest absolute Gasteiger partial charge is 0.435 e. The van der Waals surface area contributed by atoms with Crippen LogP contribution >= 0.6 is 23.2 Å². The number of nitrogens with zero attached hydrogens (tertiary/aromatic N) is 14. The Hall–Kier alpha value is -10.1. The number of rotatable bonds is 18. The summed E-state index contributed by atoms with van der Waals surface area (Å²) in [6.07, 6.45) is 7.71. The largest absolute Gasteiger partial charge is 0.477 e. The lowest BCUT2D eigenvalue weighted by molar-refractivity contribution is -0.142. The molecule has 8 heterocycles. The van der Waals surface area contributed by atoms with Crippen molar-refractivity contribution in [1.29, 1.82) is 0 Å². The molecule has 0 saturated carbocycles. The van der Waals surface area contributed by atoms with E-state index in [2.05, 4.69) is 60.7 Å². The maximum atomic E-state index is 13.6. The van der Waals surface area contributed by atoms with E-state index in [0.717, 1.165) is 46.0 Å². The van der Waals surface area contributed by atoms with Gasteiger partial charge in [0.05, 0.1) is 42.9 Å². The monoisotopic (exact) mass is 1190 g/mol. The summed E-state index contributed by atoms with van der Waals surface area (Å²) in [5.41, 5.74) is -1.31. The second-order valence-electron chi connectivity index (χ2n) is 16.9. The molecule has 0 radical (unpaired) electrons. The highest BCUT2D eigenvalue weighted by Crippen LogP contribution is 2.35. The number of hydrogen-bond donors (Lipinski definition) is 3. The number of benzene rings is 2. The number of carboxylic acids is 1. The number of alkyl halides is 6. The minimum Gasteiger partial charge on any atom is -0.477 e. The van der Waals surface area contributed by atoms with Gasteiger partial charge in [-0.05, 0) is 60.7 Å². The predicted octanol–water partition coefficient (Wildman–Crippen LogP) is 10.6. The summed E-state index contributed by atoms with van der Waals surface area (Å²) in [7, 11) is 1.18. The summed E-state index contributed by atoms with van der Waals surface area (Å²) in [5, 5.41) is 22.3. The third-order valence-electron chi connectivity index (χ3n) is 11.3. The van der Waals surface area contributed by atoms with Gasteiger partial charge >= 0.3 is 24.3 Å². The minimum atomic E-state index is -4.72. The number of carbonyl (C=O) groups excluding carboxylic acids is 1. The fraction of sp³-hybridized carbons (Fsp3) is 0.137. The van der Waals surface area contributed by atoms with Crippen LogP contribution in [0.15, 0.2) is 135 Å². The first-order valence-corrected chi connectivity index (χ1v) is 24.4. The molecule has 0 aliphatic carbocycles. The van der Waals surface area contributed by atoms with E-state index in [0.29, 0.717) is 24.5 Å². The van der Waals surface area contributed by atoms with Crippen molar-refractivity contribution in [3.63, 3.8) is 0 Å². The molecule has 0 atom stereocenters. The number of imidazole rings is 2. The van der Waals surface area contributed by atoms with E-state index in [1.807, 2.05) is 0 Å². The number of carboxylic acid groups (broad SMARTS) is 1. The molecule has 0 bridgehead atoms. The van der Waals surface area contributed by atoms with E-state index in [-0.39, 0.29) is 91.9 Å². The van der Waals surface area contributed by atoms with Gasteiger partial charge in [-0.25, -0.2) is 57.6 Å². The van der Waals surface area contributed by atoms with Gasteiger partial charge in [0, 0.05) is 95.6 Å². The topological polar surface area (TPSA) is 255 Å². The number of carbonyl (C=O) groups is 2. The van der Waals surface area contributed by atoms with E-state index < -0.39 is 47.3 Å². The van der Waals surface area contributed by atoms with E-state index in [9.17, 15) is 49.8 Å². The lowest BCUT2D eigenvalue weighted by Crippen LogP contribution is -2.12. The molecule has 0 spiro atoms. The summed E-state index contributed by atoms with van der Waals surface area (Å²) < 4.78 is 129. The van der Waals surface area contributed by atoms with Gasteiger partial charge < -0.3 is 39.1 Å². The van der Waals surface area contributed by atoms with E-state index in [1.165, 1.54) is 68.3 Å². The van der Waals surface area contributed by atoms with Crippen molar-refractivity contribution < 1.29 is 64.0 Å². The van der Waals surface area contributed by atoms with Gasteiger partial charge in [0.25, 0.3) is 0 Å². The number of hydrogen-bond acceptors (Lipinski definition) is 17. The van der Waals surface area contributed by atoms with Crippen LogP contribution in [0.3, 0.4) is 0 Å². The van der Waals surface area contributed by atoms with Gasteiger partial charge in [-0.2, -0.15) is 46.5 Å². The predicted molar refractivity (Wildman–Crippen MR) is 278 cm³/mol. The summed E-state index contributed by atoms with van der Waals surface area (Å²) in [5.74, 6) is -3.91. The van der Waals surface area contributed by atoms with Crippen LogP contribution in [0, 0.1) is 11.6 Å². The van der Waals surface area contributed by atoms with Gasteiger partial charge in [-0.1, -0.05) is 23.2 Å². The number of esters is 1. The average molecular weight is 1190 g/mol. The molecule has 0 amide bonds. The van der Waals surface area contributed by atoms with E-state index in [1.54, 1.807) is 46.6 Å². The lowest BCUT2D eigenvalue weighted by atomic mass is 10.1. The molecule has 0 saturated heterocycles. The van der Waals surface area contributed by atoms with E-state index >= 15 is 0 Å². The normalized spacial score (nSPS) is 11.4. The van der Waals surface area contributed by atoms with Crippen molar-refractivity contribution in [3.8, 4) is 45.6 Å².